The van der Waals surface area contributed by atoms with Gasteiger partial charge < -0.3 is 0 Å². The smallest absolute Gasteiger partial charge is 0.0383 e. The molecule has 36 saturated carbocycles. The van der Waals surface area contributed by atoms with E-state index in [-0.39, 0.29) is 0 Å². The molecule has 0 aromatic rings. The van der Waals surface area contributed by atoms with Crippen LogP contribution >= 0.6 is 0 Å². The third-order valence-electron chi connectivity index (χ3n) is 42.3. The molecule has 656 valence electrons. The summed E-state index contributed by atoms with van der Waals surface area (Å²) in [5.41, 5.74) is 0. The Labute approximate surface area is 713 Å². The molecule has 0 radical (unpaired) electrons. The summed E-state index contributed by atoms with van der Waals surface area (Å²) in [6, 6.07) is 0. The van der Waals surface area contributed by atoms with Crippen molar-refractivity contribution in [3.05, 3.63) is 0 Å². The van der Waals surface area contributed by atoms with E-state index in [1.807, 2.05) is 0 Å². The molecule has 0 spiro atoms. The molecule has 28 bridgehead atoms. The van der Waals surface area contributed by atoms with Gasteiger partial charge in [-0.2, -0.15) is 0 Å². The van der Waals surface area contributed by atoms with E-state index >= 15 is 0 Å². The Morgan fingerprint density at radius 3 is 0.316 bits per heavy atom. The van der Waals surface area contributed by atoms with Gasteiger partial charge in [0.2, 0.25) is 0 Å². The topological polar surface area (TPSA) is 0 Å². The Kier molecular flexibility index (Phi) is 36.5. The Morgan fingerprint density at radius 1 is 0.114 bits per heavy atom. The second-order valence-electron chi connectivity index (χ2n) is 48.5. The minimum atomic E-state index is 1.04. The zero-order valence-corrected chi connectivity index (χ0v) is 77.6. The predicted octanol–water partition coefficient (Wildman–Crippen LogP) is 36.4. The van der Waals surface area contributed by atoms with Gasteiger partial charge in [-0.05, 0) is 292 Å². The fourth-order valence-electron chi connectivity index (χ4n) is 36.1. The second kappa shape index (κ2) is 46.8. The van der Waals surface area contributed by atoms with Gasteiger partial charge in [0.15, 0.2) is 0 Å². The molecule has 0 saturated heterocycles. The largest absolute Gasteiger partial charge is 0.0654 e. The molecule has 32 atom stereocenters. The van der Waals surface area contributed by atoms with Gasteiger partial charge in [-0.3, -0.25) is 0 Å². The van der Waals surface area contributed by atoms with Crippen molar-refractivity contribution >= 4 is 0 Å². The molecule has 0 amide bonds. The van der Waals surface area contributed by atoms with Crippen LogP contribution in [-0.4, -0.2) is 0 Å². The molecule has 0 heterocycles. The van der Waals surface area contributed by atoms with Crippen molar-refractivity contribution in [2.75, 3.05) is 0 Å². The van der Waals surface area contributed by atoms with E-state index in [2.05, 4.69) is 27.7 Å². The Morgan fingerprint density at radius 2 is 0.211 bits per heavy atom. The fraction of sp³-hybridized carbons (Fsp3) is 1.00. The van der Waals surface area contributed by atoms with Crippen LogP contribution in [0.5, 0.6) is 0 Å². The van der Waals surface area contributed by atoms with E-state index in [1.54, 1.807) is 462 Å². The van der Waals surface area contributed by atoms with Gasteiger partial charge in [0.25, 0.3) is 0 Å². The molecule has 0 aliphatic heterocycles. The predicted molar refractivity (Wildman–Crippen MR) is 495 cm³/mol. The third kappa shape index (κ3) is 24.8. The van der Waals surface area contributed by atoms with E-state index in [1.165, 1.54) is 38.5 Å². The minimum absolute atomic E-state index is 1.04. The first-order valence-electron chi connectivity index (χ1n) is 56.3. The number of hydrogen-bond donors (Lipinski definition) is 0. The lowest BCUT2D eigenvalue weighted by atomic mass is 9.60. The van der Waals surface area contributed by atoms with E-state index in [0.717, 1.165) is 189 Å². The van der Waals surface area contributed by atoms with Crippen molar-refractivity contribution in [1.29, 1.82) is 0 Å². The summed E-state index contributed by atoms with van der Waals surface area (Å²) >= 11 is 0. The highest BCUT2D eigenvalue weighted by atomic mass is 14.5. The Bertz CT molecular complexity index is 2410. The SMILES string of the molecule is CCCC1CC2CCCCC3CC4CCCCC5CC6CCCCC7CC8CCCCC9CC%10CCCCC%11CC%12CCCCC%13CC%14CCCCC%15CC(CCC)C(CCCCC%13CC%14CCCCC%11CC%12CCCCC9CC%10CCCCC7CC8CCCCC5CC6CCCCC3CC4CCCCC1CC2CC)CC%15CC. The maximum absolute atomic E-state index is 2.57. The average Bonchev–Trinajstić information content (AvgIpc) is 0.817. The van der Waals surface area contributed by atoms with Gasteiger partial charge in [-0.15, -0.1) is 0 Å². The van der Waals surface area contributed by atoms with E-state index in [0.29, 0.717) is 0 Å². The monoisotopic (exact) mass is 1570 g/mol. The molecule has 36 rings (SSSR count). The minimum Gasteiger partial charge on any atom is -0.0654 e. The molecule has 32 unspecified atom stereocenters. The highest BCUT2D eigenvalue weighted by Crippen LogP contribution is 2.58. The third-order valence-corrected chi connectivity index (χ3v) is 42.3. The standard InChI is InChI=1S/C114H200/c1-5-37-85-69-87-39-9-11-43-91-71-97-49-21-23-53-101-77-103-55-25-27-59-107-79-113-65-35-36-66-114-80-108-60-28-26-56-104-78-102-54-24-22-50-98-72-92-44-12-10-40-88-70-86(38-6-2)90(68-84(88)8-4)42-14-16-46-94(98)74-96(92)48-18-20-52-100(104)76-106(102)58-30-32-62-110(114)82-112(108)64-34-33-63-111(107)81-109(113)61-31-29-57-105(101)75-99(103)51-19-17-47-95(91)73-93(97)45-15-13-41-89(85)67-83(87)7-3/h83-114H,5-82H2,1-4H3. The van der Waals surface area contributed by atoms with Gasteiger partial charge in [0.1, 0.15) is 0 Å². The van der Waals surface area contributed by atoms with Crippen molar-refractivity contribution in [3.8, 4) is 0 Å². The summed E-state index contributed by atoms with van der Waals surface area (Å²) in [6.07, 6.45) is 124. The van der Waals surface area contributed by atoms with Gasteiger partial charge in [-0.1, -0.05) is 426 Å². The molecule has 36 fully saturated rings. The Hall–Kier alpha value is 0. The van der Waals surface area contributed by atoms with E-state index in [4.69, 9.17) is 0 Å². The fourth-order valence-corrected chi connectivity index (χ4v) is 36.1. The van der Waals surface area contributed by atoms with Crippen LogP contribution in [0.1, 0.15) is 529 Å². The molecule has 36 aliphatic carbocycles. The summed E-state index contributed by atoms with van der Waals surface area (Å²) in [5, 5.41) is 0. The van der Waals surface area contributed by atoms with Crippen LogP contribution in [0.15, 0.2) is 0 Å². The summed E-state index contributed by atoms with van der Waals surface area (Å²) in [6.45, 7) is 10.1. The van der Waals surface area contributed by atoms with Crippen LogP contribution in [0.25, 0.3) is 0 Å². The molecule has 0 heteroatoms. The van der Waals surface area contributed by atoms with Crippen molar-refractivity contribution in [2.24, 2.45) is 189 Å². The molecular weight excluding hydrogens is 1370 g/mol. The number of rotatable bonds is 6. The normalized spacial score (nSPS) is 46.2. The lowest BCUT2D eigenvalue weighted by molar-refractivity contribution is 0.0539. The molecule has 0 aromatic heterocycles. The number of hydrogen-bond acceptors (Lipinski definition) is 0. The molecule has 0 aromatic carbocycles. The van der Waals surface area contributed by atoms with Crippen LogP contribution in [-0.2, 0) is 0 Å². The first kappa shape index (κ1) is 88.8. The van der Waals surface area contributed by atoms with Crippen LogP contribution < -0.4 is 0 Å². The maximum atomic E-state index is 2.57. The van der Waals surface area contributed by atoms with Gasteiger partial charge in [0, 0.05) is 0 Å². The van der Waals surface area contributed by atoms with Crippen molar-refractivity contribution < 1.29 is 0 Å². The van der Waals surface area contributed by atoms with Crippen LogP contribution in [0.2, 0.25) is 0 Å². The summed E-state index contributed by atoms with van der Waals surface area (Å²) in [5.74, 6) is 33.7. The summed E-state index contributed by atoms with van der Waals surface area (Å²) < 4.78 is 0. The van der Waals surface area contributed by atoms with Crippen molar-refractivity contribution in [1.82, 2.24) is 0 Å². The first-order valence-corrected chi connectivity index (χ1v) is 56.3. The zero-order chi connectivity index (χ0) is 77.6. The van der Waals surface area contributed by atoms with Gasteiger partial charge in [0.05, 0.1) is 0 Å². The summed E-state index contributed by atoms with van der Waals surface area (Å²) in [7, 11) is 0. The van der Waals surface area contributed by atoms with Crippen LogP contribution in [0.4, 0.5) is 0 Å². The second-order valence-corrected chi connectivity index (χ2v) is 48.5. The maximum Gasteiger partial charge on any atom is -0.0383 e. The average molecular weight is 1570 g/mol. The van der Waals surface area contributed by atoms with Gasteiger partial charge >= 0.3 is 0 Å². The van der Waals surface area contributed by atoms with Crippen molar-refractivity contribution in [3.63, 3.8) is 0 Å². The van der Waals surface area contributed by atoms with Gasteiger partial charge in [-0.25, -0.2) is 0 Å². The molecular formula is C114H200. The first-order chi connectivity index (χ1) is 56.3. The van der Waals surface area contributed by atoms with Crippen molar-refractivity contribution in [2.45, 2.75) is 529 Å². The molecule has 36 aliphatic rings. The van der Waals surface area contributed by atoms with Crippen LogP contribution in [0, 0.1) is 189 Å². The highest BCUT2D eigenvalue weighted by molar-refractivity contribution is 4.97. The Balaban J connectivity index is 0.553. The highest BCUT2D eigenvalue weighted by Gasteiger charge is 2.46. The summed E-state index contributed by atoms with van der Waals surface area (Å²) in [4.78, 5) is 0. The van der Waals surface area contributed by atoms with E-state index in [9.17, 15) is 0 Å². The molecule has 0 nitrogen and oxygen atoms in total. The quantitative estimate of drug-likeness (QED) is 0.249. The lowest BCUT2D eigenvalue weighted by Gasteiger charge is -2.45. The molecule has 114 heavy (non-hydrogen) atoms. The van der Waals surface area contributed by atoms with Crippen LogP contribution in [0.3, 0.4) is 0 Å². The molecule has 0 N–H and O–H groups in total. The zero-order valence-electron chi connectivity index (χ0n) is 77.6. The van der Waals surface area contributed by atoms with E-state index < -0.39 is 0 Å². The lowest BCUT2D eigenvalue weighted by Crippen LogP contribution is -2.35.